The lowest BCUT2D eigenvalue weighted by Gasteiger charge is -2.11. The molecule has 1 unspecified atom stereocenters. The molecule has 0 heterocycles. The van der Waals surface area contributed by atoms with Crippen molar-refractivity contribution >= 4 is 29.1 Å². The molecule has 0 aliphatic carbocycles. The number of carboxylic acid groups (broad SMARTS) is 1. The van der Waals surface area contributed by atoms with Gasteiger partial charge in [0, 0.05) is 11.8 Å². The largest absolute Gasteiger partial charge is 0.477 e. The maximum Gasteiger partial charge on any atom is 0.342 e. The molecule has 1 atom stereocenters. The van der Waals surface area contributed by atoms with Crippen LogP contribution in [0.4, 0.5) is 15.8 Å². The number of nitrogens with one attached hydrogen (secondary N) is 1. The fourth-order valence-electron chi connectivity index (χ4n) is 1.55. The first-order valence-corrected chi connectivity index (χ1v) is 7.13. The normalized spacial score (nSPS) is 11.9. The van der Waals surface area contributed by atoms with Gasteiger partial charge in [-0.25, -0.2) is 9.18 Å². The van der Waals surface area contributed by atoms with E-state index in [0.29, 0.717) is 17.9 Å². The summed E-state index contributed by atoms with van der Waals surface area (Å²) in [7, 11) is 0. The van der Waals surface area contributed by atoms with Crippen molar-refractivity contribution in [3.05, 3.63) is 33.6 Å². The molecule has 110 valence electrons. The Morgan fingerprint density at radius 3 is 2.75 bits per heavy atom. The number of halogens is 1. The molecule has 0 spiro atoms. The Kier molecular flexibility index (Phi) is 5.75. The van der Waals surface area contributed by atoms with Gasteiger partial charge in [-0.3, -0.25) is 10.1 Å². The van der Waals surface area contributed by atoms with Crippen molar-refractivity contribution in [3.8, 4) is 0 Å². The van der Waals surface area contributed by atoms with Crippen LogP contribution in [0, 0.1) is 15.9 Å². The first-order chi connectivity index (χ1) is 9.36. The standard InChI is InChI=1S/C12H15FN2O4S/c1-7(20-2)3-4-14-10-5-8(12(16)17)11(15(18)19)6-9(10)13/h5-7,14H,3-4H2,1-2H3,(H,16,17). The lowest BCUT2D eigenvalue weighted by molar-refractivity contribution is -0.385. The average Bonchev–Trinajstić information content (AvgIpc) is 2.39. The number of rotatable bonds is 7. The first kappa shape index (κ1) is 16.2. The van der Waals surface area contributed by atoms with Crippen LogP contribution >= 0.6 is 11.8 Å². The van der Waals surface area contributed by atoms with Crippen molar-refractivity contribution in [1.82, 2.24) is 0 Å². The summed E-state index contributed by atoms with van der Waals surface area (Å²) in [5, 5.41) is 22.8. The van der Waals surface area contributed by atoms with Crippen molar-refractivity contribution in [2.75, 3.05) is 18.1 Å². The van der Waals surface area contributed by atoms with Crippen LogP contribution in [-0.4, -0.2) is 34.0 Å². The first-order valence-electron chi connectivity index (χ1n) is 5.84. The van der Waals surface area contributed by atoms with Crippen LogP contribution in [-0.2, 0) is 0 Å². The van der Waals surface area contributed by atoms with Crippen molar-refractivity contribution in [2.24, 2.45) is 0 Å². The number of benzene rings is 1. The zero-order valence-electron chi connectivity index (χ0n) is 11.1. The molecular weight excluding hydrogens is 287 g/mol. The number of hydrogen-bond donors (Lipinski definition) is 2. The summed E-state index contributed by atoms with van der Waals surface area (Å²) in [5.74, 6) is -2.30. The maximum atomic E-state index is 13.7. The Balaban J connectivity index is 2.95. The summed E-state index contributed by atoms with van der Waals surface area (Å²) in [5.41, 5.74) is -1.32. The van der Waals surface area contributed by atoms with Gasteiger partial charge in [0.15, 0.2) is 5.82 Å². The lowest BCUT2D eigenvalue weighted by atomic mass is 10.1. The smallest absolute Gasteiger partial charge is 0.342 e. The summed E-state index contributed by atoms with van der Waals surface area (Å²) >= 11 is 1.66. The number of anilines is 1. The molecule has 0 amide bonds. The van der Waals surface area contributed by atoms with Crippen molar-refractivity contribution in [3.63, 3.8) is 0 Å². The van der Waals surface area contributed by atoms with E-state index >= 15 is 0 Å². The summed E-state index contributed by atoms with van der Waals surface area (Å²) in [6.07, 6.45) is 2.72. The van der Waals surface area contributed by atoms with Crippen LogP contribution < -0.4 is 5.32 Å². The molecule has 0 aromatic heterocycles. The van der Waals surface area contributed by atoms with Gasteiger partial charge in [0.25, 0.3) is 5.69 Å². The topological polar surface area (TPSA) is 92.5 Å². The molecule has 0 saturated carbocycles. The van der Waals surface area contributed by atoms with Crippen molar-refractivity contribution < 1.29 is 19.2 Å². The molecule has 20 heavy (non-hydrogen) atoms. The third-order valence-electron chi connectivity index (χ3n) is 2.78. The summed E-state index contributed by atoms with van der Waals surface area (Å²) in [4.78, 5) is 20.7. The summed E-state index contributed by atoms with van der Waals surface area (Å²) in [6, 6.07) is 1.59. The van der Waals surface area contributed by atoms with Gasteiger partial charge in [-0.15, -0.1) is 0 Å². The highest BCUT2D eigenvalue weighted by Gasteiger charge is 2.23. The van der Waals surface area contributed by atoms with Crippen molar-refractivity contribution in [1.29, 1.82) is 0 Å². The quantitative estimate of drug-likeness (QED) is 0.594. The van der Waals surface area contributed by atoms with Gasteiger partial charge in [0.2, 0.25) is 0 Å². The van der Waals surface area contributed by atoms with Gasteiger partial charge in [0.1, 0.15) is 5.56 Å². The van der Waals surface area contributed by atoms with E-state index in [4.69, 9.17) is 5.11 Å². The minimum atomic E-state index is -1.46. The van der Waals surface area contributed by atoms with E-state index in [1.54, 1.807) is 11.8 Å². The van der Waals surface area contributed by atoms with Gasteiger partial charge in [-0.1, -0.05) is 6.92 Å². The molecule has 0 bridgehead atoms. The van der Waals surface area contributed by atoms with E-state index in [0.717, 1.165) is 12.5 Å². The van der Waals surface area contributed by atoms with Gasteiger partial charge in [0.05, 0.1) is 16.7 Å². The number of nitrogens with zero attached hydrogens (tertiary/aromatic N) is 1. The van der Waals surface area contributed by atoms with E-state index in [1.165, 1.54) is 0 Å². The molecular formula is C12H15FN2O4S. The zero-order valence-corrected chi connectivity index (χ0v) is 11.9. The highest BCUT2D eigenvalue weighted by molar-refractivity contribution is 7.99. The number of aromatic carboxylic acids is 1. The fourth-order valence-corrected chi connectivity index (χ4v) is 1.90. The number of nitro groups is 1. The van der Waals surface area contributed by atoms with Gasteiger partial charge in [-0.05, 0) is 18.7 Å². The summed E-state index contributed by atoms with van der Waals surface area (Å²) < 4.78 is 13.7. The molecule has 1 rings (SSSR count). The maximum absolute atomic E-state index is 13.7. The minimum Gasteiger partial charge on any atom is -0.477 e. The highest BCUT2D eigenvalue weighted by Crippen LogP contribution is 2.26. The second-order valence-electron chi connectivity index (χ2n) is 4.17. The lowest BCUT2D eigenvalue weighted by Crippen LogP contribution is -2.11. The number of hydrogen-bond acceptors (Lipinski definition) is 5. The molecule has 6 nitrogen and oxygen atoms in total. The van der Waals surface area contributed by atoms with Crippen LogP contribution in [0.5, 0.6) is 0 Å². The number of nitro benzene ring substituents is 1. The molecule has 1 aromatic rings. The predicted molar refractivity (Wildman–Crippen MR) is 76.1 cm³/mol. The Labute approximate surface area is 119 Å². The Hall–Kier alpha value is -1.83. The molecule has 0 radical (unpaired) electrons. The molecule has 8 heteroatoms. The Bertz CT molecular complexity index is 524. The Morgan fingerprint density at radius 1 is 1.60 bits per heavy atom. The molecule has 2 N–H and O–H groups in total. The van der Waals surface area contributed by atoms with Crippen LogP contribution in [0.25, 0.3) is 0 Å². The molecule has 1 aromatic carbocycles. The number of carbonyl (C=O) groups is 1. The van der Waals surface area contributed by atoms with E-state index in [9.17, 15) is 19.3 Å². The van der Waals surface area contributed by atoms with Crippen molar-refractivity contribution in [2.45, 2.75) is 18.6 Å². The third kappa shape index (κ3) is 4.09. The summed E-state index contributed by atoms with van der Waals surface area (Å²) in [6.45, 7) is 2.47. The van der Waals surface area contributed by atoms with Gasteiger partial charge < -0.3 is 10.4 Å². The second kappa shape index (κ2) is 7.09. The molecule has 0 aliphatic heterocycles. The zero-order chi connectivity index (χ0) is 15.3. The van der Waals surface area contributed by atoms with E-state index in [-0.39, 0.29) is 5.69 Å². The monoisotopic (exact) mass is 302 g/mol. The number of carboxylic acids is 1. The Morgan fingerprint density at radius 2 is 2.25 bits per heavy atom. The highest BCUT2D eigenvalue weighted by atomic mass is 32.2. The molecule has 0 saturated heterocycles. The van der Waals surface area contributed by atoms with E-state index in [2.05, 4.69) is 5.32 Å². The number of thioether (sulfide) groups is 1. The SMILES string of the molecule is CSC(C)CCNc1cc(C(=O)O)c([N+](=O)[O-])cc1F. The van der Waals surface area contributed by atoms with E-state index in [1.807, 2.05) is 13.2 Å². The van der Waals surface area contributed by atoms with Crippen LogP contribution in [0.2, 0.25) is 0 Å². The fraction of sp³-hybridized carbons (Fsp3) is 0.417. The van der Waals surface area contributed by atoms with Gasteiger partial charge in [-0.2, -0.15) is 11.8 Å². The minimum absolute atomic E-state index is 0.0405. The second-order valence-corrected chi connectivity index (χ2v) is 5.45. The molecule has 0 aliphatic rings. The van der Waals surface area contributed by atoms with Gasteiger partial charge >= 0.3 is 5.97 Å². The third-order valence-corrected chi connectivity index (χ3v) is 3.82. The average molecular weight is 302 g/mol. The van der Waals surface area contributed by atoms with Crippen LogP contribution in [0.1, 0.15) is 23.7 Å². The van der Waals surface area contributed by atoms with Crippen LogP contribution in [0.15, 0.2) is 12.1 Å². The predicted octanol–water partition coefficient (Wildman–Crippen LogP) is 2.99. The van der Waals surface area contributed by atoms with E-state index < -0.39 is 28.0 Å². The molecule has 0 fully saturated rings. The van der Waals surface area contributed by atoms with Crippen LogP contribution in [0.3, 0.4) is 0 Å².